The fraction of sp³-hybridized carbons (Fsp3) is 0.579. The van der Waals surface area contributed by atoms with Gasteiger partial charge in [0.15, 0.2) is 0 Å². The van der Waals surface area contributed by atoms with E-state index in [0.29, 0.717) is 25.3 Å². The summed E-state index contributed by atoms with van der Waals surface area (Å²) in [5.41, 5.74) is -0.342. The van der Waals surface area contributed by atoms with Crippen molar-refractivity contribution < 1.29 is 27.5 Å². The van der Waals surface area contributed by atoms with Crippen LogP contribution in [0.25, 0.3) is 0 Å². The first-order valence-electron chi connectivity index (χ1n) is 9.34. The summed E-state index contributed by atoms with van der Waals surface area (Å²) >= 11 is 0. The van der Waals surface area contributed by atoms with E-state index < -0.39 is 17.7 Å². The fourth-order valence-corrected chi connectivity index (χ4v) is 3.47. The third-order valence-electron chi connectivity index (χ3n) is 5.04. The average molecular weight is 399 g/mol. The van der Waals surface area contributed by atoms with Crippen molar-refractivity contribution in [3.8, 4) is 0 Å². The quantitative estimate of drug-likeness (QED) is 0.788. The molecule has 6 nitrogen and oxygen atoms in total. The number of likely N-dealkylation sites (tertiary alicyclic amines) is 1. The normalized spacial score (nSPS) is 21.2. The second-order valence-electron chi connectivity index (χ2n) is 7.12. The Morgan fingerprint density at radius 3 is 2.71 bits per heavy atom. The van der Waals surface area contributed by atoms with Crippen molar-refractivity contribution in [1.82, 2.24) is 15.1 Å². The van der Waals surface area contributed by atoms with Gasteiger partial charge in [-0.3, -0.25) is 14.5 Å². The summed E-state index contributed by atoms with van der Waals surface area (Å²) in [6, 6.07) is 4.93. The van der Waals surface area contributed by atoms with Crippen molar-refractivity contribution in [3.05, 3.63) is 35.4 Å². The Morgan fingerprint density at radius 2 is 2.00 bits per heavy atom. The number of hydrogen-bond donors (Lipinski definition) is 1. The molecule has 9 heteroatoms. The Bertz CT molecular complexity index is 705. The van der Waals surface area contributed by atoms with Crippen molar-refractivity contribution in [1.29, 1.82) is 0 Å². The predicted molar refractivity (Wildman–Crippen MR) is 95.2 cm³/mol. The van der Waals surface area contributed by atoms with Crippen LogP contribution >= 0.6 is 0 Å². The lowest BCUT2D eigenvalue weighted by atomic mass is 10.1. The number of nitrogens with zero attached hydrogens (tertiary/aromatic N) is 2. The molecule has 0 spiro atoms. The Balaban J connectivity index is 1.48. The van der Waals surface area contributed by atoms with Gasteiger partial charge in [0.25, 0.3) is 0 Å². The van der Waals surface area contributed by atoms with E-state index in [1.165, 1.54) is 11.0 Å². The molecule has 1 atom stereocenters. The second-order valence-corrected chi connectivity index (χ2v) is 7.12. The maximum absolute atomic E-state index is 12.8. The number of amides is 2. The van der Waals surface area contributed by atoms with Crippen LogP contribution in [0.1, 0.15) is 17.5 Å². The minimum Gasteiger partial charge on any atom is -0.379 e. The summed E-state index contributed by atoms with van der Waals surface area (Å²) in [6.07, 6.45) is -4.34. The zero-order valence-electron chi connectivity index (χ0n) is 15.5. The molecule has 1 unspecified atom stereocenters. The van der Waals surface area contributed by atoms with Gasteiger partial charge in [-0.25, -0.2) is 0 Å². The lowest BCUT2D eigenvalue weighted by molar-refractivity contribution is -0.137. The molecule has 0 saturated carbocycles. The molecule has 2 amide bonds. The zero-order chi connectivity index (χ0) is 20.1. The highest BCUT2D eigenvalue weighted by molar-refractivity contribution is 5.89. The second kappa shape index (κ2) is 8.91. The SMILES string of the molecule is O=C(NCCN1CCOCC1)C1CC(=O)N(Cc2cccc(C(F)(F)F)c2)C1. The van der Waals surface area contributed by atoms with E-state index in [-0.39, 0.29) is 31.3 Å². The number of ether oxygens (including phenoxy) is 1. The van der Waals surface area contributed by atoms with Crippen LogP contribution in [0.2, 0.25) is 0 Å². The monoisotopic (exact) mass is 399 g/mol. The average Bonchev–Trinajstić information content (AvgIpc) is 3.03. The first kappa shape index (κ1) is 20.6. The van der Waals surface area contributed by atoms with E-state index in [2.05, 4.69) is 10.2 Å². The van der Waals surface area contributed by atoms with Gasteiger partial charge < -0.3 is 15.0 Å². The molecule has 3 rings (SSSR count). The van der Waals surface area contributed by atoms with E-state index in [4.69, 9.17) is 4.74 Å². The van der Waals surface area contributed by atoms with Crippen molar-refractivity contribution >= 4 is 11.8 Å². The molecule has 2 saturated heterocycles. The molecule has 1 N–H and O–H groups in total. The van der Waals surface area contributed by atoms with Gasteiger partial charge in [0.05, 0.1) is 24.7 Å². The van der Waals surface area contributed by atoms with Gasteiger partial charge in [-0.2, -0.15) is 13.2 Å². The van der Waals surface area contributed by atoms with E-state index in [0.717, 1.165) is 31.8 Å². The summed E-state index contributed by atoms with van der Waals surface area (Å²) in [5.74, 6) is -0.873. The van der Waals surface area contributed by atoms with Crippen molar-refractivity contribution in [3.63, 3.8) is 0 Å². The molecule has 2 fully saturated rings. The van der Waals surface area contributed by atoms with Crippen molar-refractivity contribution in [2.24, 2.45) is 5.92 Å². The fourth-order valence-electron chi connectivity index (χ4n) is 3.47. The van der Waals surface area contributed by atoms with Gasteiger partial charge in [0.2, 0.25) is 11.8 Å². The number of alkyl halides is 3. The van der Waals surface area contributed by atoms with E-state index in [9.17, 15) is 22.8 Å². The summed E-state index contributed by atoms with van der Waals surface area (Å²) in [4.78, 5) is 28.2. The van der Waals surface area contributed by atoms with Gasteiger partial charge in [-0.05, 0) is 17.7 Å². The molecule has 1 aromatic carbocycles. The molecule has 0 bridgehead atoms. The van der Waals surface area contributed by atoms with Crippen LogP contribution < -0.4 is 5.32 Å². The van der Waals surface area contributed by atoms with E-state index in [1.807, 2.05) is 0 Å². The van der Waals surface area contributed by atoms with Gasteiger partial charge in [0.1, 0.15) is 0 Å². The van der Waals surface area contributed by atoms with Crippen LogP contribution in [0.3, 0.4) is 0 Å². The maximum Gasteiger partial charge on any atom is 0.416 e. The molecule has 2 aliphatic heterocycles. The van der Waals surface area contributed by atoms with E-state index >= 15 is 0 Å². The minimum atomic E-state index is -4.42. The van der Waals surface area contributed by atoms with Gasteiger partial charge in [-0.15, -0.1) is 0 Å². The number of carbonyl (C=O) groups excluding carboxylic acids is 2. The smallest absolute Gasteiger partial charge is 0.379 e. The molecule has 28 heavy (non-hydrogen) atoms. The Labute approximate surface area is 161 Å². The zero-order valence-corrected chi connectivity index (χ0v) is 15.5. The number of halogens is 3. The summed E-state index contributed by atoms with van der Waals surface area (Å²) in [6.45, 7) is 4.57. The van der Waals surface area contributed by atoms with Gasteiger partial charge >= 0.3 is 6.18 Å². The topological polar surface area (TPSA) is 61.9 Å². The number of hydrogen-bond acceptors (Lipinski definition) is 4. The van der Waals surface area contributed by atoms with Crippen molar-refractivity contribution in [2.45, 2.75) is 19.1 Å². The molecule has 0 radical (unpaired) electrons. The maximum atomic E-state index is 12.8. The molecule has 2 aliphatic rings. The summed E-state index contributed by atoms with van der Waals surface area (Å²) < 4.78 is 43.8. The third kappa shape index (κ3) is 5.45. The van der Waals surface area contributed by atoms with Gasteiger partial charge in [0, 0.05) is 45.7 Å². The van der Waals surface area contributed by atoms with Crippen LogP contribution in [0.15, 0.2) is 24.3 Å². The minimum absolute atomic E-state index is 0.0698. The first-order chi connectivity index (χ1) is 13.3. The number of carbonyl (C=O) groups is 2. The van der Waals surface area contributed by atoms with Crippen LogP contribution in [-0.2, 0) is 27.0 Å². The third-order valence-corrected chi connectivity index (χ3v) is 5.04. The largest absolute Gasteiger partial charge is 0.416 e. The Hall–Kier alpha value is -2.13. The molecular formula is C19H24F3N3O3. The summed E-state index contributed by atoms with van der Waals surface area (Å²) in [5, 5.41) is 2.86. The van der Waals surface area contributed by atoms with Crippen LogP contribution in [-0.4, -0.2) is 67.6 Å². The standard InChI is InChI=1S/C19H24F3N3O3/c20-19(21,22)16-3-1-2-14(10-16)12-25-13-15(11-17(25)26)18(27)23-4-5-24-6-8-28-9-7-24/h1-3,10,15H,4-9,11-13H2,(H,23,27). The molecule has 2 heterocycles. The molecule has 0 aliphatic carbocycles. The van der Waals surface area contributed by atoms with Crippen molar-refractivity contribution in [2.75, 3.05) is 45.9 Å². The predicted octanol–water partition coefficient (Wildman–Crippen LogP) is 1.50. The lowest BCUT2D eigenvalue weighted by Crippen LogP contribution is -2.42. The van der Waals surface area contributed by atoms with Crippen LogP contribution in [0.5, 0.6) is 0 Å². The van der Waals surface area contributed by atoms with Crippen LogP contribution in [0, 0.1) is 5.92 Å². The Kier molecular flexibility index (Phi) is 6.56. The lowest BCUT2D eigenvalue weighted by Gasteiger charge is -2.26. The highest BCUT2D eigenvalue weighted by Crippen LogP contribution is 2.30. The number of nitrogens with one attached hydrogen (secondary N) is 1. The highest BCUT2D eigenvalue weighted by Gasteiger charge is 2.35. The molecule has 154 valence electrons. The molecule has 0 aromatic heterocycles. The molecular weight excluding hydrogens is 375 g/mol. The number of morpholine rings is 1. The van der Waals surface area contributed by atoms with Crippen LogP contribution in [0.4, 0.5) is 13.2 Å². The first-order valence-corrected chi connectivity index (χ1v) is 9.34. The number of benzene rings is 1. The molecule has 1 aromatic rings. The number of rotatable bonds is 6. The van der Waals surface area contributed by atoms with Gasteiger partial charge in [-0.1, -0.05) is 12.1 Å². The van der Waals surface area contributed by atoms with E-state index in [1.54, 1.807) is 6.07 Å². The highest BCUT2D eigenvalue weighted by atomic mass is 19.4. The summed E-state index contributed by atoms with van der Waals surface area (Å²) in [7, 11) is 0. The Morgan fingerprint density at radius 1 is 1.25 bits per heavy atom.